The highest BCUT2D eigenvalue weighted by atomic mass is 35.5. The highest BCUT2D eigenvalue weighted by molar-refractivity contribution is 6.41. The van der Waals surface area contributed by atoms with E-state index in [1.165, 1.54) is 6.42 Å². The predicted molar refractivity (Wildman–Crippen MR) is 69.7 cm³/mol. The Balaban J connectivity index is 2.07. The van der Waals surface area contributed by atoms with Crippen molar-refractivity contribution in [3.63, 3.8) is 0 Å². The zero-order valence-electron chi connectivity index (χ0n) is 9.96. The molecule has 1 saturated carbocycles. The average Bonchev–Trinajstić information content (AvgIpc) is 2.78. The molecule has 1 amide bonds. The van der Waals surface area contributed by atoms with Gasteiger partial charge in [0.2, 0.25) is 0 Å². The van der Waals surface area contributed by atoms with Crippen LogP contribution in [0.2, 0.25) is 10.2 Å². The van der Waals surface area contributed by atoms with Crippen LogP contribution in [0.15, 0.2) is 6.07 Å². The number of halogens is 2. The largest absolute Gasteiger partial charge is 0.348 e. The Bertz CT molecular complexity index is 442. The Morgan fingerprint density at radius 3 is 2.65 bits per heavy atom. The topological polar surface area (TPSA) is 34.0 Å². The molecule has 2 atom stereocenters. The van der Waals surface area contributed by atoms with Crippen molar-refractivity contribution in [3.8, 4) is 0 Å². The molecule has 0 aromatic carbocycles. The first-order chi connectivity index (χ1) is 7.99. The smallest absolute Gasteiger partial charge is 0.268 e. The predicted octanol–water partition coefficient (Wildman–Crippen LogP) is 3.25. The third-order valence-corrected chi connectivity index (χ3v) is 4.22. The summed E-state index contributed by atoms with van der Waals surface area (Å²) >= 11 is 11.8. The van der Waals surface area contributed by atoms with Gasteiger partial charge in [0.15, 0.2) is 0 Å². The first kappa shape index (κ1) is 12.8. The molecule has 1 aromatic heterocycles. The van der Waals surface area contributed by atoms with Crippen molar-refractivity contribution in [2.24, 2.45) is 13.0 Å². The van der Waals surface area contributed by atoms with Gasteiger partial charge in [-0.2, -0.15) is 0 Å². The number of nitrogens with zero attached hydrogens (tertiary/aromatic N) is 1. The van der Waals surface area contributed by atoms with E-state index in [1.807, 2.05) is 0 Å². The van der Waals surface area contributed by atoms with Gasteiger partial charge in [-0.05, 0) is 31.2 Å². The van der Waals surface area contributed by atoms with Crippen molar-refractivity contribution in [1.82, 2.24) is 9.88 Å². The Kier molecular flexibility index (Phi) is 3.69. The highest BCUT2D eigenvalue weighted by Gasteiger charge is 2.24. The molecule has 3 nitrogen and oxygen atoms in total. The summed E-state index contributed by atoms with van der Waals surface area (Å²) in [5.41, 5.74) is 0.513. The van der Waals surface area contributed by atoms with Crippen LogP contribution in [-0.2, 0) is 7.05 Å². The molecule has 2 rings (SSSR count). The quantitative estimate of drug-likeness (QED) is 0.883. The van der Waals surface area contributed by atoms with Crippen LogP contribution in [0.5, 0.6) is 0 Å². The minimum absolute atomic E-state index is 0.0969. The van der Waals surface area contributed by atoms with E-state index in [9.17, 15) is 4.79 Å². The van der Waals surface area contributed by atoms with Crippen LogP contribution in [0.1, 0.15) is 36.7 Å². The summed E-state index contributed by atoms with van der Waals surface area (Å²) in [7, 11) is 1.74. The minimum atomic E-state index is -0.0969. The van der Waals surface area contributed by atoms with Gasteiger partial charge in [0, 0.05) is 13.1 Å². The molecule has 5 heteroatoms. The maximum Gasteiger partial charge on any atom is 0.268 e. The van der Waals surface area contributed by atoms with Crippen molar-refractivity contribution in [2.45, 2.75) is 32.2 Å². The summed E-state index contributed by atoms with van der Waals surface area (Å²) in [6, 6.07) is 1.89. The number of nitrogens with one attached hydrogen (secondary N) is 1. The summed E-state index contributed by atoms with van der Waals surface area (Å²) in [6.07, 6.45) is 3.29. The van der Waals surface area contributed by atoms with Crippen LogP contribution in [-0.4, -0.2) is 16.5 Å². The zero-order valence-corrected chi connectivity index (χ0v) is 11.5. The summed E-state index contributed by atoms with van der Waals surface area (Å²) in [5, 5.41) is 3.85. The third kappa shape index (κ3) is 2.61. The number of amides is 1. The summed E-state index contributed by atoms with van der Waals surface area (Å²) < 4.78 is 1.61. The standard InChI is InChI=1S/C12H16Cl2N2O/c1-7-3-4-8(5-7)15-12(17)10-6-9(13)11(14)16(10)2/h6-8H,3-5H2,1-2H3,(H,15,17). The fourth-order valence-electron chi connectivity index (χ4n) is 2.36. The molecule has 1 N–H and O–H groups in total. The van der Waals surface area contributed by atoms with Gasteiger partial charge in [-0.25, -0.2) is 0 Å². The van der Waals surface area contributed by atoms with Gasteiger partial charge in [0.1, 0.15) is 10.8 Å². The molecule has 0 radical (unpaired) electrons. The van der Waals surface area contributed by atoms with Crippen molar-refractivity contribution in [3.05, 3.63) is 21.9 Å². The van der Waals surface area contributed by atoms with E-state index in [-0.39, 0.29) is 11.9 Å². The molecule has 17 heavy (non-hydrogen) atoms. The number of hydrogen-bond acceptors (Lipinski definition) is 1. The molecule has 1 heterocycles. The van der Waals surface area contributed by atoms with Gasteiger partial charge >= 0.3 is 0 Å². The van der Waals surface area contributed by atoms with Crippen molar-refractivity contribution in [1.29, 1.82) is 0 Å². The van der Waals surface area contributed by atoms with E-state index < -0.39 is 0 Å². The third-order valence-electron chi connectivity index (χ3n) is 3.38. The lowest BCUT2D eigenvalue weighted by Gasteiger charge is -2.12. The minimum Gasteiger partial charge on any atom is -0.348 e. The second-order valence-electron chi connectivity index (χ2n) is 4.82. The lowest BCUT2D eigenvalue weighted by Crippen LogP contribution is -2.33. The Morgan fingerprint density at radius 1 is 1.47 bits per heavy atom. The molecule has 0 aliphatic heterocycles. The van der Waals surface area contributed by atoms with Gasteiger partial charge < -0.3 is 9.88 Å². The van der Waals surface area contributed by atoms with Crippen molar-refractivity contribution < 1.29 is 4.79 Å². The summed E-state index contributed by atoms with van der Waals surface area (Å²) in [6.45, 7) is 2.21. The highest BCUT2D eigenvalue weighted by Crippen LogP contribution is 2.27. The first-order valence-corrected chi connectivity index (χ1v) is 6.56. The second kappa shape index (κ2) is 4.91. The van der Waals surface area contributed by atoms with Crippen LogP contribution < -0.4 is 5.32 Å². The van der Waals surface area contributed by atoms with E-state index in [4.69, 9.17) is 23.2 Å². The lowest BCUT2D eigenvalue weighted by atomic mass is 10.1. The van der Waals surface area contributed by atoms with Crippen LogP contribution in [0, 0.1) is 5.92 Å². The van der Waals surface area contributed by atoms with E-state index in [1.54, 1.807) is 17.7 Å². The lowest BCUT2D eigenvalue weighted by molar-refractivity contribution is 0.0929. The van der Waals surface area contributed by atoms with Gasteiger partial charge in [-0.15, -0.1) is 0 Å². The van der Waals surface area contributed by atoms with Crippen molar-refractivity contribution in [2.75, 3.05) is 0 Å². The maximum atomic E-state index is 12.0. The van der Waals surface area contributed by atoms with Crippen molar-refractivity contribution >= 4 is 29.1 Å². The van der Waals surface area contributed by atoms with E-state index >= 15 is 0 Å². The van der Waals surface area contributed by atoms with Gasteiger partial charge in [-0.3, -0.25) is 4.79 Å². The Morgan fingerprint density at radius 2 is 2.18 bits per heavy atom. The summed E-state index contributed by atoms with van der Waals surface area (Å²) in [5.74, 6) is 0.598. The van der Waals surface area contributed by atoms with Crippen LogP contribution in [0.3, 0.4) is 0 Å². The molecule has 2 unspecified atom stereocenters. The van der Waals surface area contributed by atoms with E-state index in [2.05, 4.69) is 12.2 Å². The molecule has 1 aliphatic carbocycles. The second-order valence-corrected chi connectivity index (χ2v) is 5.58. The molecule has 0 spiro atoms. The Labute approximate surface area is 111 Å². The number of rotatable bonds is 2. The van der Waals surface area contributed by atoms with Crippen LogP contribution in [0.4, 0.5) is 0 Å². The monoisotopic (exact) mass is 274 g/mol. The van der Waals surface area contributed by atoms with Gasteiger partial charge in [0.05, 0.1) is 5.02 Å². The maximum absolute atomic E-state index is 12.0. The first-order valence-electron chi connectivity index (χ1n) is 5.80. The molecule has 0 bridgehead atoms. The fraction of sp³-hybridized carbons (Fsp3) is 0.583. The molecular weight excluding hydrogens is 259 g/mol. The molecule has 94 valence electrons. The normalized spacial score (nSPS) is 24.0. The van der Waals surface area contributed by atoms with Gasteiger partial charge in [-0.1, -0.05) is 30.1 Å². The zero-order chi connectivity index (χ0) is 12.6. The number of aromatic nitrogens is 1. The molecule has 1 aliphatic rings. The molecule has 1 aromatic rings. The number of carbonyl (C=O) groups is 1. The van der Waals surface area contributed by atoms with Gasteiger partial charge in [0.25, 0.3) is 5.91 Å². The number of hydrogen-bond donors (Lipinski definition) is 1. The molecule has 1 fully saturated rings. The fourth-order valence-corrected chi connectivity index (χ4v) is 2.73. The SMILES string of the molecule is CC1CCC(NC(=O)c2cc(Cl)c(Cl)n2C)C1. The summed E-state index contributed by atoms with van der Waals surface area (Å²) in [4.78, 5) is 12.0. The average molecular weight is 275 g/mol. The van der Waals surface area contributed by atoms with E-state index in [0.29, 0.717) is 21.8 Å². The van der Waals surface area contributed by atoms with Crippen LogP contribution >= 0.6 is 23.2 Å². The molecular formula is C12H16Cl2N2O. The Hall–Kier alpha value is -0.670. The number of carbonyl (C=O) groups excluding carboxylic acids is 1. The van der Waals surface area contributed by atoms with E-state index in [0.717, 1.165) is 12.8 Å². The van der Waals surface area contributed by atoms with Crippen LogP contribution in [0.25, 0.3) is 0 Å². The molecule has 0 saturated heterocycles.